The summed E-state index contributed by atoms with van der Waals surface area (Å²) in [4.78, 5) is 7.05. The van der Waals surface area contributed by atoms with Gasteiger partial charge in [-0.25, -0.2) is 4.99 Å². The second-order valence-electron chi connectivity index (χ2n) is 10.2. The van der Waals surface area contributed by atoms with Crippen molar-refractivity contribution in [3.05, 3.63) is 53.1 Å². The quantitative estimate of drug-likeness (QED) is 0.481. The SMILES string of the molecule is COc1cc(N2CCC(c3ccn[nH]3)CC2)ccc1C1=NC(O)c2c(c(C)nn2C2CCCCC2)N1. The molecule has 2 aliphatic heterocycles. The number of aliphatic hydroxyl groups is 1. The van der Waals surface area contributed by atoms with Gasteiger partial charge in [-0.2, -0.15) is 10.2 Å². The average Bonchev–Trinajstić information content (AvgIpc) is 3.58. The first-order valence-electron chi connectivity index (χ1n) is 13.2. The maximum absolute atomic E-state index is 11.1. The van der Waals surface area contributed by atoms with Gasteiger partial charge in [0.1, 0.15) is 17.3 Å². The highest BCUT2D eigenvalue weighted by Crippen LogP contribution is 2.39. The number of fused-ring (bicyclic) bond motifs is 1. The van der Waals surface area contributed by atoms with Crippen molar-refractivity contribution in [2.75, 3.05) is 30.4 Å². The fourth-order valence-corrected chi connectivity index (χ4v) is 6.06. The van der Waals surface area contributed by atoms with E-state index < -0.39 is 6.23 Å². The maximum Gasteiger partial charge on any atom is 0.192 e. The van der Waals surface area contributed by atoms with E-state index in [0.29, 0.717) is 17.8 Å². The van der Waals surface area contributed by atoms with Gasteiger partial charge in [0.25, 0.3) is 0 Å². The van der Waals surface area contributed by atoms with Crippen molar-refractivity contribution in [3.63, 3.8) is 0 Å². The molecule has 0 spiro atoms. The smallest absolute Gasteiger partial charge is 0.192 e. The van der Waals surface area contributed by atoms with Gasteiger partial charge in [-0.05, 0) is 50.8 Å². The minimum Gasteiger partial charge on any atom is -0.496 e. The first-order valence-corrected chi connectivity index (χ1v) is 13.2. The normalized spacial score (nSPS) is 21.1. The lowest BCUT2D eigenvalue weighted by molar-refractivity contribution is 0.168. The van der Waals surface area contributed by atoms with Crippen molar-refractivity contribution in [1.82, 2.24) is 20.0 Å². The number of amidine groups is 1. The molecule has 9 heteroatoms. The summed E-state index contributed by atoms with van der Waals surface area (Å²) in [5.41, 5.74) is 5.73. The van der Waals surface area contributed by atoms with E-state index in [4.69, 9.17) is 9.84 Å². The van der Waals surface area contributed by atoms with Crippen LogP contribution in [0.4, 0.5) is 11.4 Å². The van der Waals surface area contributed by atoms with Crippen LogP contribution in [0.3, 0.4) is 0 Å². The maximum atomic E-state index is 11.1. The molecule has 2 fully saturated rings. The number of methoxy groups -OCH3 is 1. The summed E-state index contributed by atoms with van der Waals surface area (Å²) in [5, 5.41) is 26.6. The first-order chi connectivity index (χ1) is 17.6. The van der Waals surface area contributed by atoms with Gasteiger partial charge in [0, 0.05) is 42.7 Å². The predicted octanol–water partition coefficient (Wildman–Crippen LogP) is 4.68. The van der Waals surface area contributed by atoms with E-state index >= 15 is 0 Å². The second kappa shape index (κ2) is 9.61. The van der Waals surface area contributed by atoms with Crippen LogP contribution in [0.5, 0.6) is 5.75 Å². The molecule has 1 saturated heterocycles. The molecule has 1 aliphatic carbocycles. The van der Waals surface area contributed by atoms with E-state index in [1.54, 1.807) is 7.11 Å². The zero-order chi connectivity index (χ0) is 24.6. The van der Waals surface area contributed by atoms with E-state index in [-0.39, 0.29) is 0 Å². The van der Waals surface area contributed by atoms with E-state index in [0.717, 1.165) is 72.8 Å². The molecular formula is C27H35N7O2. The fraction of sp³-hybridized carbons (Fsp3) is 0.519. The van der Waals surface area contributed by atoms with Crippen molar-refractivity contribution in [3.8, 4) is 5.75 Å². The number of nitrogens with zero attached hydrogens (tertiary/aromatic N) is 5. The molecule has 0 amide bonds. The molecule has 4 heterocycles. The Bertz CT molecular complexity index is 1240. The van der Waals surface area contributed by atoms with Gasteiger partial charge in [-0.1, -0.05) is 19.3 Å². The van der Waals surface area contributed by atoms with Crippen molar-refractivity contribution < 1.29 is 9.84 Å². The van der Waals surface area contributed by atoms with Crippen molar-refractivity contribution in [1.29, 1.82) is 0 Å². The predicted molar refractivity (Wildman–Crippen MR) is 140 cm³/mol. The number of ether oxygens (including phenoxy) is 1. The Balaban J connectivity index is 1.22. The Labute approximate surface area is 211 Å². The molecule has 1 saturated carbocycles. The van der Waals surface area contributed by atoms with Crippen LogP contribution in [0.1, 0.15) is 85.8 Å². The van der Waals surface area contributed by atoms with Crippen LogP contribution in [-0.4, -0.2) is 51.1 Å². The number of H-pyrrole nitrogens is 1. The Hall–Kier alpha value is -3.33. The Kier molecular flexibility index (Phi) is 6.17. The molecule has 3 aromatic rings. The van der Waals surface area contributed by atoms with E-state index in [1.165, 1.54) is 25.0 Å². The molecule has 1 unspecified atom stereocenters. The third-order valence-electron chi connectivity index (χ3n) is 8.04. The van der Waals surface area contributed by atoms with E-state index in [9.17, 15) is 5.11 Å². The van der Waals surface area contributed by atoms with Gasteiger partial charge in [-0.15, -0.1) is 0 Å². The molecule has 3 N–H and O–H groups in total. The molecule has 9 nitrogen and oxygen atoms in total. The molecule has 3 aliphatic rings. The molecule has 6 rings (SSSR count). The molecule has 1 atom stereocenters. The lowest BCUT2D eigenvalue weighted by Gasteiger charge is -2.33. The number of aromatic amines is 1. The number of aryl methyl sites for hydroxylation is 1. The third-order valence-corrected chi connectivity index (χ3v) is 8.04. The minimum atomic E-state index is -0.953. The lowest BCUT2D eigenvalue weighted by Crippen LogP contribution is -2.33. The van der Waals surface area contributed by atoms with Crippen LogP contribution < -0.4 is 15.0 Å². The number of aliphatic hydroxyl groups excluding tert-OH is 1. The van der Waals surface area contributed by atoms with Crippen LogP contribution in [0.25, 0.3) is 0 Å². The summed E-state index contributed by atoms with van der Waals surface area (Å²) in [6, 6.07) is 8.66. The highest BCUT2D eigenvalue weighted by atomic mass is 16.5. The first kappa shape index (κ1) is 23.1. The summed E-state index contributed by atoms with van der Waals surface area (Å²) in [6.45, 7) is 3.95. The van der Waals surface area contributed by atoms with Gasteiger partial charge in [0.2, 0.25) is 0 Å². The highest BCUT2D eigenvalue weighted by Gasteiger charge is 2.32. The molecule has 36 heavy (non-hydrogen) atoms. The fourth-order valence-electron chi connectivity index (χ4n) is 6.06. The summed E-state index contributed by atoms with van der Waals surface area (Å²) in [5.74, 6) is 1.88. The standard InChI is InChI=1S/C27H35N7O2/c1-17-24-25(34(32-17)19-6-4-3-5-7-19)27(35)30-26(29-24)21-9-8-20(16-23(21)36-2)33-14-11-18(12-15-33)22-10-13-28-31-22/h8-10,13,16,18-19,27,35H,3-7,11-12,14-15H2,1-2H3,(H,28,31)(H,29,30). The molecule has 2 aromatic heterocycles. The third kappa shape index (κ3) is 4.15. The number of aromatic nitrogens is 4. The van der Waals surface area contributed by atoms with Crippen molar-refractivity contribution >= 4 is 17.2 Å². The topological polar surface area (TPSA) is 104 Å². The van der Waals surface area contributed by atoms with Crippen molar-refractivity contribution in [2.45, 2.75) is 70.1 Å². The van der Waals surface area contributed by atoms with Crippen LogP contribution in [0.15, 0.2) is 35.5 Å². The number of hydrogen-bond donors (Lipinski definition) is 3. The molecule has 190 valence electrons. The summed E-state index contributed by atoms with van der Waals surface area (Å²) in [6.07, 6.45) is 8.94. The van der Waals surface area contributed by atoms with Gasteiger partial charge in [0.15, 0.2) is 6.23 Å². The zero-order valence-corrected chi connectivity index (χ0v) is 21.1. The lowest BCUT2D eigenvalue weighted by atomic mass is 9.93. The monoisotopic (exact) mass is 489 g/mol. The van der Waals surface area contributed by atoms with Crippen LogP contribution >= 0.6 is 0 Å². The largest absolute Gasteiger partial charge is 0.496 e. The van der Waals surface area contributed by atoms with Crippen LogP contribution in [0, 0.1) is 6.92 Å². The zero-order valence-electron chi connectivity index (χ0n) is 21.1. The molecule has 1 aromatic carbocycles. The van der Waals surface area contributed by atoms with Crippen LogP contribution in [-0.2, 0) is 0 Å². The number of rotatable bonds is 5. The van der Waals surface area contributed by atoms with Crippen LogP contribution in [0.2, 0.25) is 0 Å². The number of anilines is 2. The minimum absolute atomic E-state index is 0.334. The average molecular weight is 490 g/mol. The molecule has 0 bridgehead atoms. The summed E-state index contributed by atoms with van der Waals surface area (Å²) < 4.78 is 7.82. The Morgan fingerprint density at radius 3 is 2.58 bits per heavy atom. The van der Waals surface area contributed by atoms with Gasteiger partial charge >= 0.3 is 0 Å². The molecule has 0 radical (unpaired) electrons. The Morgan fingerprint density at radius 1 is 1.06 bits per heavy atom. The van der Waals surface area contributed by atoms with E-state index in [1.807, 2.05) is 23.9 Å². The Morgan fingerprint density at radius 2 is 1.86 bits per heavy atom. The van der Waals surface area contributed by atoms with Crippen molar-refractivity contribution in [2.24, 2.45) is 4.99 Å². The van der Waals surface area contributed by atoms with Gasteiger partial charge < -0.3 is 20.1 Å². The second-order valence-corrected chi connectivity index (χ2v) is 10.2. The number of nitrogens with one attached hydrogen (secondary N) is 2. The number of hydrogen-bond acceptors (Lipinski definition) is 7. The number of piperidine rings is 1. The van der Waals surface area contributed by atoms with Gasteiger partial charge in [-0.3, -0.25) is 9.78 Å². The van der Waals surface area contributed by atoms with Gasteiger partial charge in [0.05, 0.1) is 30.1 Å². The summed E-state index contributed by atoms with van der Waals surface area (Å²) >= 11 is 0. The number of benzene rings is 1. The molecular weight excluding hydrogens is 454 g/mol. The number of aliphatic imine (C=N–C) groups is 1. The summed E-state index contributed by atoms with van der Waals surface area (Å²) in [7, 11) is 1.69. The highest BCUT2D eigenvalue weighted by molar-refractivity contribution is 6.11. The van der Waals surface area contributed by atoms with E-state index in [2.05, 4.69) is 43.6 Å².